The lowest BCUT2D eigenvalue weighted by Gasteiger charge is -2.10. The third-order valence-electron chi connectivity index (χ3n) is 3.15. The van der Waals surface area contributed by atoms with Gasteiger partial charge in [-0.05, 0) is 24.6 Å². The average Bonchev–Trinajstić information content (AvgIpc) is 2.52. The summed E-state index contributed by atoms with van der Waals surface area (Å²) in [6.07, 6.45) is 1.60. The monoisotopic (exact) mass is 316 g/mol. The fourth-order valence-corrected chi connectivity index (χ4v) is 2.04. The van der Waals surface area contributed by atoms with Crippen molar-refractivity contribution >= 4 is 17.3 Å². The molecule has 1 heterocycles. The Morgan fingerprint density at radius 3 is 2.87 bits per heavy atom. The van der Waals surface area contributed by atoms with E-state index in [2.05, 4.69) is 20.6 Å². The molecule has 0 aliphatic carbocycles. The summed E-state index contributed by atoms with van der Waals surface area (Å²) in [5.74, 6) is 0.768. The van der Waals surface area contributed by atoms with Gasteiger partial charge in [0.25, 0.3) is 0 Å². The van der Waals surface area contributed by atoms with Crippen LogP contribution in [0.4, 0.5) is 15.9 Å². The van der Waals surface area contributed by atoms with Gasteiger partial charge in [-0.3, -0.25) is 10.3 Å². The molecule has 0 bridgehead atoms. The smallest absolute Gasteiger partial charge is 0.129 e. The third kappa shape index (κ3) is 4.93. The molecule has 23 heavy (non-hydrogen) atoms. The average molecular weight is 316 g/mol. The third-order valence-corrected chi connectivity index (χ3v) is 3.15. The maximum atomic E-state index is 13.1. The van der Waals surface area contributed by atoms with E-state index in [1.165, 1.54) is 12.1 Å². The van der Waals surface area contributed by atoms with Crippen LogP contribution in [0.25, 0.3) is 0 Å². The summed E-state index contributed by atoms with van der Waals surface area (Å²) in [7, 11) is 0. The van der Waals surface area contributed by atoms with Gasteiger partial charge in [0.1, 0.15) is 17.5 Å². The van der Waals surface area contributed by atoms with Crippen LogP contribution in [-0.4, -0.2) is 24.0 Å². The Kier molecular flexibility index (Phi) is 5.87. The van der Waals surface area contributed by atoms with Crippen LogP contribution in [0.2, 0.25) is 0 Å². The van der Waals surface area contributed by atoms with E-state index in [1.807, 2.05) is 13.0 Å². The lowest BCUT2D eigenvalue weighted by Crippen LogP contribution is -2.22. The van der Waals surface area contributed by atoms with E-state index in [-0.39, 0.29) is 5.82 Å². The molecule has 0 radical (unpaired) electrons. The molecule has 2 rings (SSSR count). The molecule has 0 saturated carbocycles. The molecule has 6 nitrogen and oxygen atoms in total. The van der Waals surface area contributed by atoms with Gasteiger partial charge in [-0.15, -0.1) is 0 Å². The van der Waals surface area contributed by atoms with Crippen molar-refractivity contribution in [3.8, 4) is 0 Å². The summed E-state index contributed by atoms with van der Waals surface area (Å²) in [5, 5.41) is 6.24. The van der Waals surface area contributed by atoms with E-state index < -0.39 is 0 Å². The van der Waals surface area contributed by atoms with Crippen molar-refractivity contribution < 1.29 is 4.39 Å². The molecular formula is C16H21FN6. The van der Waals surface area contributed by atoms with Crippen molar-refractivity contribution in [3.63, 3.8) is 0 Å². The summed E-state index contributed by atoms with van der Waals surface area (Å²) in [5.41, 5.74) is 13.8. The topological polar surface area (TPSA) is 101 Å². The van der Waals surface area contributed by atoms with Gasteiger partial charge in [0, 0.05) is 31.0 Å². The van der Waals surface area contributed by atoms with Crippen LogP contribution in [0.1, 0.15) is 18.1 Å². The van der Waals surface area contributed by atoms with Gasteiger partial charge in [-0.1, -0.05) is 12.1 Å². The Hall–Kier alpha value is -2.67. The van der Waals surface area contributed by atoms with Crippen molar-refractivity contribution in [2.75, 3.05) is 24.3 Å². The first-order chi connectivity index (χ1) is 11.1. The second-order valence-electron chi connectivity index (χ2n) is 4.93. The maximum absolute atomic E-state index is 13.1. The van der Waals surface area contributed by atoms with E-state index in [9.17, 15) is 4.39 Å². The van der Waals surface area contributed by atoms with Crippen LogP contribution in [0, 0.1) is 5.82 Å². The Labute approximate surface area is 134 Å². The van der Waals surface area contributed by atoms with Crippen molar-refractivity contribution in [1.29, 1.82) is 0 Å². The second-order valence-corrected chi connectivity index (χ2v) is 4.93. The van der Waals surface area contributed by atoms with Gasteiger partial charge in [-0.2, -0.15) is 0 Å². The summed E-state index contributed by atoms with van der Waals surface area (Å²) < 4.78 is 13.1. The first-order valence-electron chi connectivity index (χ1n) is 7.35. The Morgan fingerprint density at radius 1 is 1.35 bits per heavy atom. The molecule has 0 atom stereocenters. The number of rotatable bonds is 7. The number of hydrogen-bond acceptors (Lipinski definition) is 5. The summed E-state index contributed by atoms with van der Waals surface area (Å²) in [6, 6.07) is 8.16. The number of nitrogens with one attached hydrogen (secondary N) is 2. The predicted octanol–water partition coefficient (Wildman–Crippen LogP) is 1.69. The predicted molar refractivity (Wildman–Crippen MR) is 91.6 cm³/mol. The van der Waals surface area contributed by atoms with E-state index in [4.69, 9.17) is 11.5 Å². The fraction of sp³-hybridized carbons (Fsp3) is 0.250. The van der Waals surface area contributed by atoms with E-state index in [1.54, 1.807) is 18.3 Å². The normalized spacial score (nSPS) is 11.5. The number of nitrogens with zero attached hydrogens (tertiary/aromatic N) is 2. The molecule has 0 aliphatic heterocycles. The molecule has 0 unspecified atom stereocenters. The minimum absolute atomic E-state index is 0.242. The molecule has 0 amide bonds. The zero-order valence-corrected chi connectivity index (χ0v) is 13.0. The van der Waals surface area contributed by atoms with Crippen LogP contribution in [0.3, 0.4) is 0 Å². The van der Waals surface area contributed by atoms with Crippen molar-refractivity contribution in [1.82, 2.24) is 10.3 Å². The highest BCUT2D eigenvalue weighted by molar-refractivity contribution is 6.02. The fourth-order valence-electron chi connectivity index (χ4n) is 2.04. The SMILES string of the molecule is CCN=C(N)c1cnc(NCNCc2cccc(F)c2)cc1N. The van der Waals surface area contributed by atoms with Gasteiger partial charge < -0.3 is 16.8 Å². The zero-order valence-electron chi connectivity index (χ0n) is 13.0. The number of hydrogen-bond donors (Lipinski definition) is 4. The number of anilines is 2. The summed E-state index contributed by atoms with van der Waals surface area (Å²) in [4.78, 5) is 8.36. The largest absolute Gasteiger partial charge is 0.398 e. The van der Waals surface area contributed by atoms with Crippen LogP contribution in [0.15, 0.2) is 41.5 Å². The molecular weight excluding hydrogens is 295 g/mol. The van der Waals surface area contributed by atoms with Crippen molar-refractivity contribution in [3.05, 3.63) is 53.5 Å². The molecule has 0 saturated heterocycles. The minimum atomic E-state index is -0.242. The first-order valence-corrected chi connectivity index (χ1v) is 7.35. The van der Waals surface area contributed by atoms with Gasteiger partial charge in [-0.25, -0.2) is 9.37 Å². The number of halogens is 1. The molecule has 1 aromatic heterocycles. The Bertz CT molecular complexity index is 686. The second kappa shape index (κ2) is 8.09. The van der Waals surface area contributed by atoms with Crippen molar-refractivity contribution in [2.24, 2.45) is 10.7 Å². The quantitative estimate of drug-likeness (QED) is 0.269. The first kappa shape index (κ1) is 16.7. The number of nitrogens with two attached hydrogens (primary N) is 2. The highest BCUT2D eigenvalue weighted by Gasteiger charge is 2.05. The standard InChI is InChI=1S/C16H21FN6/c1-2-21-16(19)13-9-22-15(7-14(13)18)23-10-20-8-11-4-3-5-12(17)6-11/h3-7,9,20H,2,8,10H2,1H3,(H2,19,21)(H3,18,22,23). The van der Waals surface area contributed by atoms with Gasteiger partial charge in [0.2, 0.25) is 0 Å². The van der Waals surface area contributed by atoms with Crippen LogP contribution in [0.5, 0.6) is 0 Å². The van der Waals surface area contributed by atoms with Gasteiger partial charge in [0.15, 0.2) is 0 Å². The molecule has 7 heteroatoms. The van der Waals surface area contributed by atoms with E-state index >= 15 is 0 Å². The van der Waals surface area contributed by atoms with Crippen molar-refractivity contribution in [2.45, 2.75) is 13.5 Å². The molecule has 0 spiro atoms. The van der Waals surface area contributed by atoms with E-state index in [0.717, 1.165) is 5.56 Å². The highest BCUT2D eigenvalue weighted by Crippen LogP contribution is 2.14. The minimum Gasteiger partial charge on any atom is -0.398 e. The number of nitrogen functional groups attached to an aromatic ring is 1. The Morgan fingerprint density at radius 2 is 2.17 bits per heavy atom. The highest BCUT2D eigenvalue weighted by atomic mass is 19.1. The summed E-state index contributed by atoms with van der Waals surface area (Å²) >= 11 is 0. The molecule has 0 aliphatic rings. The lowest BCUT2D eigenvalue weighted by atomic mass is 10.2. The zero-order chi connectivity index (χ0) is 16.7. The molecule has 122 valence electrons. The van der Waals surface area contributed by atoms with E-state index in [0.29, 0.717) is 42.7 Å². The van der Waals surface area contributed by atoms with Crippen LogP contribution in [-0.2, 0) is 6.54 Å². The molecule has 6 N–H and O–H groups in total. The van der Waals surface area contributed by atoms with Crippen LogP contribution < -0.4 is 22.1 Å². The number of amidine groups is 1. The number of aromatic nitrogens is 1. The molecule has 2 aromatic rings. The Balaban J connectivity index is 1.86. The number of aliphatic imine (C=N–C) groups is 1. The number of benzene rings is 1. The maximum Gasteiger partial charge on any atom is 0.129 e. The summed E-state index contributed by atoms with van der Waals surface area (Å²) in [6.45, 7) is 3.52. The van der Waals surface area contributed by atoms with Crippen LogP contribution >= 0.6 is 0 Å². The van der Waals surface area contributed by atoms with Gasteiger partial charge >= 0.3 is 0 Å². The molecule has 1 aromatic carbocycles. The lowest BCUT2D eigenvalue weighted by molar-refractivity contribution is 0.622. The molecule has 0 fully saturated rings. The number of pyridine rings is 1. The van der Waals surface area contributed by atoms with Gasteiger partial charge in [0.05, 0.1) is 12.2 Å².